The topological polar surface area (TPSA) is 102 Å². The number of ether oxygens (including phenoxy) is 2. The van der Waals surface area contributed by atoms with Gasteiger partial charge >= 0.3 is 17.1 Å². The first-order valence-electron chi connectivity index (χ1n) is 8.57. The molecular formula is C19H19N3O6. The minimum absolute atomic E-state index is 0.0900. The number of hydrogen-bond acceptors (Lipinski definition) is 6. The van der Waals surface area contributed by atoms with E-state index in [-0.39, 0.29) is 18.7 Å². The van der Waals surface area contributed by atoms with Crippen LogP contribution < -0.4 is 26.5 Å². The molecule has 3 rings (SSSR count). The molecule has 9 heteroatoms. The number of carbonyl (C=O) groups excluding carboxylic acids is 1. The van der Waals surface area contributed by atoms with Gasteiger partial charge < -0.3 is 9.47 Å². The van der Waals surface area contributed by atoms with Gasteiger partial charge in [-0.25, -0.2) is 28.1 Å². The van der Waals surface area contributed by atoms with Gasteiger partial charge in [0.15, 0.2) is 17.3 Å². The average molecular weight is 385 g/mol. The Morgan fingerprint density at radius 2 is 1.43 bits per heavy atom. The molecule has 1 aromatic heterocycles. The number of allylic oxidation sites excluding steroid dienone is 2. The van der Waals surface area contributed by atoms with Crippen LogP contribution in [0.3, 0.4) is 0 Å². The van der Waals surface area contributed by atoms with E-state index in [1.54, 1.807) is 6.07 Å². The second kappa shape index (κ2) is 7.95. The van der Waals surface area contributed by atoms with Gasteiger partial charge in [-0.15, -0.1) is 13.2 Å². The molecule has 146 valence electrons. The predicted octanol–water partition coefficient (Wildman–Crippen LogP) is 0.198. The van der Waals surface area contributed by atoms with Crippen LogP contribution >= 0.6 is 0 Å². The molecule has 1 aliphatic rings. The lowest BCUT2D eigenvalue weighted by Crippen LogP contribution is -2.55. The van der Waals surface area contributed by atoms with Crippen molar-refractivity contribution in [2.45, 2.75) is 19.6 Å². The minimum atomic E-state index is -0.874. The van der Waals surface area contributed by atoms with Gasteiger partial charge in [-0.2, -0.15) is 0 Å². The highest BCUT2D eigenvalue weighted by Crippen LogP contribution is 2.30. The second-order valence-corrected chi connectivity index (χ2v) is 6.01. The zero-order valence-electron chi connectivity index (χ0n) is 15.1. The lowest BCUT2D eigenvalue weighted by atomic mass is 10.1. The summed E-state index contributed by atoms with van der Waals surface area (Å²) in [6.45, 7) is 7.10. The molecular weight excluding hydrogens is 366 g/mol. The summed E-state index contributed by atoms with van der Waals surface area (Å²) in [5.41, 5.74) is -2.27. The van der Waals surface area contributed by atoms with Crippen molar-refractivity contribution in [2.24, 2.45) is 0 Å². The molecule has 2 heterocycles. The fourth-order valence-electron chi connectivity index (χ4n) is 2.84. The van der Waals surface area contributed by atoms with E-state index in [0.29, 0.717) is 24.7 Å². The molecule has 0 radical (unpaired) electrons. The second-order valence-electron chi connectivity index (χ2n) is 6.01. The van der Waals surface area contributed by atoms with E-state index in [9.17, 15) is 19.2 Å². The summed E-state index contributed by atoms with van der Waals surface area (Å²) in [4.78, 5) is 50.3. The molecule has 0 spiro atoms. The third-order valence-electron chi connectivity index (χ3n) is 4.17. The number of fused-ring (bicyclic) bond motifs is 1. The summed E-state index contributed by atoms with van der Waals surface area (Å²) < 4.78 is 13.3. The van der Waals surface area contributed by atoms with Crippen LogP contribution in [-0.4, -0.2) is 32.7 Å². The summed E-state index contributed by atoms with van der Waals surface area (Å²) in [5.74, 6) is 0.461. The molecule has 0 amide bonds. The number of carbonyl (C=O) groups is 1. The van der Waals surface area contributed by atoms with E-state index in [1.807, 2.05) is 0 Å². The Labute approximate surface area is 159 Å². The van der Waals surface area contributed by atoms with Gasteiger partial charge in [0, 0.05) is 5.56 Å². The van der Waals surface area contributed by atoms with E-state index >= 15 is 0 Å². The molecule has 0 aliphatic carbocycles. The summed E-state index contributed by atoms with van der Waals surface area (Å²) >= 11 is 0. The number of benzene rings is 1. The monoisotopic (exact) mass is 385 g/mol. The first kappa shape index (κ1) is 19.2. The normalized spacial score (nSPS) is 12.4. The number of aromatic nitrogens is 3. The Balaban J connectivity index is 2.04. The van der Waals surface area contributed by atoms with Gasteiger partial charge in [0.2, 0.25) is 0 Å². The molecule has 1 aromatic carbocycles. The van der Waals surface area contributed by atoms with E-state index in [2.05, 4.69) is 13.2 Å². The fourth-order valence-corrected chi connectivity index (χ4v) is 2.84. The van der Waals surface area contributed by atoms with Crippen molar-refractivity contribution < 1.29 is 14.3 Å². The lowest BCUT2D eigenvalue weighted by Gasteiger charge is -2.18. The maximum atomic E-state index is 12.7. The Hall–Kier alpha value is -3.62. The van der Waals surface area contributed by atoms with E-state index in [0.717, 1.165) is 13.7 Å². The number of ketones is 1. The van der Waals surface area contributed by atoms with Crippen LogP contribution in [0.25, 0.3) is 0 Å². The molecule has 2 aromatic rings. The van der Waals surface area contributed by atoms with Crippen LogP contribution in [0.15, 0.2) is 57.9 Å². The van der Waals surface area contributed by atoms with Crippen LogP contribution in [0.4, 0.5) is 0 Å². The molecule has 0 unspecified atom stereocenters. The average Bonchev–Trinajstić information content (AvgIpc) is 2.71. The molecule has 0 atom stereocenters. The fraction of sp³-hybridized carbons (Fsp3) is 0.263. The number of rotatable bonds is 7. The first-order chi connectivity index (χ1) is 13.5. The predicted molar refractivity (Wildman–Crippen MR) is 101 cm³/mol. The van der Waals surface area contributed by atoms with E-state index < -0.39 is 29.4 Å². The maximum absolute atomic E-state index is 12.7. The van der Waals surface area contributed by atoms with Gasteiger partial charge in [0.1, 0.15) is 13.2 Å². The highest BCUT2D eigenvalue weighted by molar-refractivity contribution is 5.96. The molecule has 0 fully saturated rings. The molecule has 1 aliphatic heterocycles. The summed E-state index contributed by atoms with van der Waals surface area (Å²) in [6, 6.07) is 4.63. The van der Waals surface area contributed by atoms with Gasteiger partial charge in [-0.05, 0) is 18.2 Å². The van der Waals surface area contributed by atoms with E-state index in [1.165, 1.54) is 24.3 Å². The molecule has 0 N–H and O–H groups in total. The van der Waals surface area contributed by atoms with Crippen LogP contribution in [-0.2, 0) is 19.6 Å². The lowest BCUT2D eigenvalue weighted by molar-refractivity contribution is 0.0965. The zero-order chi connectivity index (χ0) is 20.3. The molecule has 0 saturated heterocycles. The Morgan fingerprint density at radius 1 is 0.893 bits per heavy atom. The summed E-state index contributed by atoms with van der Waals surface area (Å²) in [7, 11) is 0. The van der Waals surface area contributed by atoms with Crippen LogP contribution in [0.2, 0.25) is 0 Å². The van der Waals surface area contributed by atoms with Crippen LogP contribution in [0.5, 0.6) is 11.5 Å². The van der Waals surface area contributed by atoms with Gasteiger partial charge in [0.25, 0.3) is 0 Å². The number of Topliss-reactive ketones (excluding diaryl/α,β-unsaturated/α-hetero) is 1. The van der Waals surface area contributed by atoms with Gasteiger partial charge in [-0.3, -0.25) is 4.79 Å². The Morgan fingerprint density at radius 3 is 2.00 bits per heavy atom. The quantitative estimate of drug-likeness (QED) is 0.498. The SMILES string of the molecule is C=CCn1c(=O)n(CC=C)c(=O)n(CC(=O)c2ccc3c(c2)OCCO3)c1=O. The smallest absolute Gasteiger partial charge is 0.337 e. The summed E-state index contributed by atoms with van der Waals surface area (Å²) in [5, 5.41) is 0. The minimum Gasteiger partial charge on any atom is -0.486 e. The zero-order valence-corrected chi connectivity index (χ0v) is 15.1. The van der Waals surface area contributed by atoms with Crippen LogP contribution in [0.1, 0.15) is 10.4 Å². The Kier molecular flexibility index (Phi) is 5.44. The number of hydrogen-bond donors (Lipinski definition) is 0. The highest BCUT2D eigenvalue weighted by Gasteiger charge is 2.19. The van der Waals surface area contributed by atoms with Crippen molar-refractivity contribution in [3.63, 3.8) is 0 Å². The van der Waals surface area contributed by atoms with Crippen molar-refractivity contribution >= 4 is 5.78 Å². The molecule has 0 bridgehead atoms. The van der Waals surface area contributed by atoms with Crippen LogP contribution in [0, 0.1) is 0 Å². The standard InChI is InChI=1S/C19H19N3O6/c1-3-7-20-17(24)21(8-4-2)19(26)22(18(20)25)12-14(23)13-5-6-15-16(11-13)28-10-9-27-15/h3-6,11H,1-2,7-10,12H2. The van der Waals surface area contributed by atoms with Crippen molar-refractivity contribution in [3.8, 4) is 11.5 Å². The largest absolute Gasteiger partial charge is 0.486 e. The highest BCUT2D eigenvalue weighted by atomic mass is 16.6. The maximum Gasteiger partial charge on any atom is 0.337 e. The number of nitrogens with zero attached hydrogens (tertiary/aromatic N) is 3. The molecule has 28 heavy (non-hydrogen) atoms. The molecule has 9 nitrogen and oxygen atoms in total. The first-order valence-corrected chi connectivity index (χ1v) is 8.57. The molecule has 0 saturated carbocycles. The Bertz CT molecular complexity index is 1070. The summed E-state index contributed by atoms with van der Waals surface area (Å²) in [6.07, 6.45) is 2.72. The van der Waals surface area contributed by atoms with Crippen molar-refractivity contribution in [3.05, 3.63) is 80.5 Å². The van der Waals surface area contributed by atoms with Crippen molar-refractivity contribution in [1.29, 1.82) is 0 Å². The third kappa shape index (κ3) is 3.46. The van der Waals surface area contributed by atoms with Crippen molar-refractivity contribution in [2.75, 3.05) is 13.2 Å². The van der Waals surface area contributed by atoms with Gasteiger partial charge in [-0.1, -0.05) is 12.2 Å². The van der Waals surface area contributed by atoms with E-state index in [4.69, 9.17) is 9.47 Å². The third-order valence-corrected chi connectivity index (χ3v) is 4.17. The van der Waals surface area contributed by atoms with Gasteiger partial charge in [0.05, 0.1) is 19.6 Å². The van der Waals surface area contributed by atoms with Crippen molar-refractivity contribution in [1.82, 2.24) is 13.7 Å².